The molecule has 1 rings (SSSR count). The SMILES string of the molecule is NN1C=CCCCC1=O. The Bertz CT molecular complexity index is 142. The van der Waals surface area contributed by atoms with Crippen LogP contribution in [-0.2, 0) is 4.79 Å². The van der Waals surface area contributed by atoms with Crippen LogP contribution in [0.2, 0.25) is 0 Å². The highest BCUT2D eigenvalue weighted by Gasteiger charge is 2.07. The maximum Gasteiger partial charge on any atom is 0.240 e. The molecular weight excluding hydrogens is 116 g/mol. The number of hydrazine groups is 1. The number of carbonyl (C=O) groups excluding carboxylic acids is 1. The smallest absolute Gasteiger partial charge is 0.240 e. The first-order valence-electron chi connectivity index (χ1n) is 3.04. The molecule has 1 amide bonds. The third kappa shape index (κ3) is 1.54. The molecule has 1 aliphatic heterocycles. The lowest BCUT2D eigenvalue weighted by atomic mass is 10.2. The molecular formula is C6H10N2O. The average Bonchev–Trinajstić information content (AvgIpc) is 1.99. The highest BCUT2D eigenvalue weighted by molar-refractivity contribution is 5.76. The summed E-state index contributed by atoms with van der Waals surface area (Å²) in [6.07, 6.45) is 5.98. The Hall–Kier alpha value is -0.830. The fourth-order valence-corrected chi connectivity index (χ4v) is 0.771. The van der Waals surface area contributed by atoms with E-state index in [0.717, 1.165) is 17.9 Å². The van der Waals surface area contributed by atoms with Gasteiger partial charge in [0.2, 0.25) is 5.91 Å². The monoisotopic (exact) mass is 126 g/mol. The topological polar surface area (TPSA) is 46.3 Å². The van der Waals surface area contributed by atoms with E-state index in [2.05, 4.69) is 0 Å². The quantitative estimate of drug-likeness (QED) is 0.377. The largest absolute Gasteiger partial charge is 0.273 e. The van der Waals surface area contributed by atoms with Crippen molar-refractivity contribution in [1.29, 1.82) is 0 Å². The van der Waals surface area contributed by atoms with Gasteiger partial charge in [-0.25, -0.2) is 5.84 Å². The van der Waals surface area contributed by atoms with Crippen LogP contribution in [-0.4, -0.2) is 10.9 Å². The molecule has 9 heavy (non-hydrogen) atoms. The maximum absolute atomic E-state index is 10.8. The molecule has 3 nitrogen and oxygen atoms in total. The third-order valence-corrected chi connectivity index (χ3v) is 1.32. The Kier molecular flexibility index (Phi) is 1.85. The Morgan fingerprint density at radius 2 is 2.44 bits per heavy atom. The highest BCUT2D eigenvalue weighted by atomic mass is 16.2. The Morgan fingerprint density at radius 1 is 1.67 bits per heavy atom. The molecule has 0 aromatic heterocycles. The number of hydrogen-bond acceptors (Lipinski definition) is 2. The molecule has 0 aromatic rings. The van der Waals surface area contributed by atoms with Crippen LogP contribution in [0.4, 0.5) is 0 Å². The van der Waals surface area contributed by atoms with E-state index in [1.807, 2.05) is 6.08 Å². The zero-order valence-corrected chi connectivity index (χ0v) is 5.21. The standard InChI is InChI=1S/C6H10N2O/c7-8-5-3-1-2-4-6(8)9/h3,5H,1-2,4,7H2. The first-order valence-corrected chi connectivity index (χ1v) is 3.04. The van der Waals surface area contributed by atoms with Gasteiger partial charge in [0.1, 0.15) is 0 Å². The average molecular weight is 126 g/mol. The van der Waals surface area contributed by atoms with Crippen molar-refractivity contribution in [2.75, 3.05) is 0 Å². The summed E-state index contributed by atoms with van der Waals surface area (Å²) in [5.74, 6) is 5.28. The molecule has 1 aliphatic rings. The molecule has 0 radical (unpaired) electrons. The molecule has 0 aromatic carbocycles. The molecule has 3 heteroatoms. The third-order valence-electron chi connectivity index (χ3n) is 1.32. The van der Waals surface area contributed by atoms with Gasteiger partial charge >= 0.3 is 0 Å². The summed E-state index contributed by atoms with van der Waals surface area (Å²) in [6, 6.07) is 0. The molecule has 50 valence electrons. The predicted octanol–water partition coefficient (Wildman–Crippen LogP) is 0.386. The second-order valence-corrected chi connectivity index (χ2v) is 2.08. The molecule has 2 N–H and O–H groups in total. The van der Waals surface area contributed by atoms with E-state index in [1.165, 1.54) is 0 Å². The van der Waals surface area contributed by atoms with Crippen molar-refractivity contribution in [2.45, 2.75) is 19.3 Å². The van der Waals surface area contributed by atoms with Gasteiger partial charge in [-0.05, 0) is 12.8 Å². The molecule has 1 heterocycles. The highest BCUT2D eigenvalue weighted by Crippen LogP contribution is 2.04. The van der Waals surface area contributed by atoms with Crippen LogP contribution in [0.15, 0.2) is 12.3 Å². The predicted molar refractivity (Wildman–Crippen MR) is 34.0 cm³/mol. The van der Waals surface area contributed by atoms with Crippen molar-refractivity contribution in [2.24, 2.45) is 5.84 Å². The van der Waals surface area contributed by atoms with Crippen molar-refractivity contribution in [1.82, 2.24) is 5.01 Å². The molecule has 0 bridgehead atoms. The minimum Gasteiger partial charge on any atom is -0.273 e. The summed E-state index contributed by atoms with van der Waals surface area (Å²) >= 11 is 0. The van der Waals surface area contributed by atoms with E-state index in [9.17, 15) is 4.79 Å². The Balaban J connectivity index is 2.56. The molecule has 0 saturated carbocycles. The van der Waals surface area contributed by atoms with E-state index >= 15 is 0 Å². The zero-order valence-electron chi connectivity index (χ0n) is 5.21. The number of rotatable bonds is 0. The fourth-order valence-electron chi connectivity index (χ4n) is 0.771. The lowest BCUT2D eigenvalue weighted by Crippen LogP contribution is -2.30. The van der Waals surface area contributed by atoms with Crippen molar-refractivity contribution in [3.8, 4) is 0 Å². The van der Waals surface area contributed by atoms with Crippen LogP contribution in [0.5, 0.6) is 0 Å². The van der Waals surface area contributed by atoms with Crippen LogP contribution < -0.4 is 5.84 Å². The number of allylic oxidation sites excluding steroid dienone is 1. The van der Waals surface area contributed by atoms with Crippen molar-refractivity contribution in [3.05, 3.63) is 12.3 Å². The van der Waals surface area contributed by atoms with Crippen molar-refractivity contribution < 1.29 is 4.79 Å². The van der Waals surface area contributed by atoms with Gasteiger partial charge in [0.25, 0.3) is 0 Å². The maximum atomic E-state index is 10.8. The van der Waals surface area contributed by atoms with Crippen LogP contribution in [0, 0.1) is 0 Å². The lowest BCUT2D eigenvalue weighted by molar-refractivity contribution is -0.128. The van der Waals surface area contributed by atoms with Gasteiger partial charge in [0.05, 0.1) is 0 Å². The Morgan fingerprint density at radius 3 is 3.22 bits per heavy atom. The van der Waals surface area contributed by atoms with Crippen LogP contribution in [0.25, 0.3) is 0 Å². The van der Waals surface area contributed by atoms with Gasteiger partial charge in [-0.3, -0.25) is 9.80 Å². The number of carbonyl (C=O) groups is 1. The summed E-state index contributed by atoms with van der Waals surface area (Å²) in [4.78, 5) is 10.8. The van der Waals surface area contributed by atoms with Crippen LogP contribution in [0.1, 0.15) is 19.3 Å². The summed E-state index contributed by atoms with van der Waals surface area (Å²) in [7, 11) is 0. The second-order valence-electron chi connectivity index (χ2n) is 2.08. The molecule has 0 aliphatic carbocycles. The van der Waals surface area contributed by atoms with Crippen molar-refractivity contribution in [3.63, 3.8) is 0 Å². The van der Waals surface area contributed by atoms with E-state index < -0.39 is 0 Å². The molecule has 0 unspecified atom stereocenters. The lowest BCUT2D eigenvalue weighted by Gasteiger charge is -2.06. The summed E-state index contributed by atoms with van der Waals surface area (Å²) < 4.78 is 0. The van der Waals surface area contributed by atoms with Crippen molar-refractivity contribution >= 4 is 5.91 Å². The van der Waals surface area contributed by atoms with Gasteiger partial charge in [0, 0.05) is 12.6 Å². The van der Waals surface area contributed by atoms with Crippen LogP contribution >= 0.6 is 0 Å². The molecule has 0 fully saturated rings. The van der Waals surface area contributed by atoms with E-state index in [-0.39, 0.29) is 5.91 Å². The number of hydrogen-bond donors (Lipinski definition) is 1. The van der Waals surface area contributed by atoms with E-state index in [4.69, 9.17) is 5.84 Å². The number of nitrogens with two attached hydrogens (primary N) is 1. The van der Waals surface area contributed by atoms with E-state index in [0.29, 0.717) is 6.42 Å². The number of amides is 1. The normalized spacial score (nSPS) is 20.1. The molecule has 0 atom stereocenters. The second kappa shape index (κ2) is 2.64. The summed E-state index contributed by atoms with van der Waals surface area (Å²) in [5, 5.41) is 1.15. The zero-order chi connectivity index (χ0) is 6.69. The van der Waals surface area contributed by atoms with Gasteiger partial charge < -0.3 is 0 Å². The van der Waals surface area contributed by atoms with E-state index in [1.54, 1.807) is 6.20 Å². The van der Waals surface area contributed by atoms with Gasteiger partial charge in [0.15, 0.2) is 0 Å². The Labute approximate surface area is 54.1 Å². The minimum absolute atomic E-state index is 0.00347. The first-order chi connectivity index (χ1) is 4.30. The summed E-state index contributed by atoms with van der Waals surface area (Å²) in [5.41, 5.74) is 0. The molecule has 0 saturated heterocycles. The van der Waals surface area contributed by atoms with Gasteiger partial charge in [-0.1, -0.05) is 6.08 Å². The first kappa shape index (κ1) is 6.29. The fraction of sp³-hybridized carbons (Fsp3) is 0.500. The number of nitrogens with zero attached hydrogens (tertiary/aromatic N) is 1. The van der Waals surface area contributed by atoms with Gasteiger partial charge in [-0.15, -0.1) is 0 Å². The van der Waals surface area contributed by atoms with Gasteiger partial charge in [-0.2, -0.15) is 0 Å². The van der Waals surface area contributed by atoms with Crippen LogP contribution in [0.3, 0.4) is 0 Å². The summed E-state index contributed by atoms with van der Waals surface area (Å²) in [6.45, 7) is 0. The minimum atomic E-state index is 0.00347. The molecule has 0 spiro atoms.